The van der Waals surface area contributed by atoms with E-state index in [0.717, 1.165) is 6.08 Å². The third-order valence-electron chi connectivity index (χ3n) is 4.65. The van der Waals surface area contributed by atoms with Gasteiger partial charge in [0.15, 0.2) is 6.61 Å². The molecule has 0 aliphatic rings. The third-order valence-corrected chi connectivity index (χ3v) is 6.71. The second kappa shape index (κ2) is 12.5. The van der Waals surface area contributed by atoms with Gasteiger partial charge in [0.1, 0.15) is 5.75 Å². The highest BCUT2D eigenvalue weighted by Crippen LogP contribution is 2.17. The fraction of sp³-hybridized carbons (Fsp3) is 0.261. The van der Waals surface area contributed by atoms with Gasteiger partial charge in [0.25, 0.3) is 11.8 Å². The molecule has 0 aliphatic heterocycles. The summed E-state index contributed by atoms with van der Waals surface area (Å²) in [5, 5.41) is 0. The maximum absolute atomic E-state index is 12.5. The zero-order valence-corrected chi connectivity index (χ0v) is 19.9. The Kier molecular flexibility index (Phi) is 9.77. The molecule has 2 aromatic rings. The Hall–Kier alpha value is -3.70. The molecule has 10 nitrogen and oxygen atoms in total. The molecule has 0 atom stereocenters. The normalized spacial score (nSPS) is 11.3. The van der Waals surface area contributed by atoms with Gasteiger partial charge in [-0.25, -0.2) is 13.2 Å². The highest BCUT2D eigenvalue weighted by molar-refractivity contribution is 7.89. The lowest BCUT2D eigenvalue weighted by Gasteiger charge is -2.18. The molecule has 0 saturated carbocycles. The van der Waals surface area contributed by atoms with Crippen molar-refractivity contribution in [2.75, 3.05) is 26.8 Å². The number of hydrogen-bond acceptors (Lipinski definition) is 7. The van der Waals surface area contributed by atoms with Crippen LogP contribution in [0.3, 0.4) is 0 Å². The van der Waals surface area contributed by atoms with Gasteiger partial charge in [0.05, 0.1) is 12.0 Å². The Bertz CT molecular complexity index is 1120. The molecule has 0 spiro atoms. The first-order valence-electron chi connectivity index (χ1n) is 10.4. The summed E-state index contributed by atoms with van der Waals surface area (Å²) in [5.74, 6) is -1.47. The number of methoxy groups -OCH3 is 1. The van der Waals surface area contributed by atoms with Gasteiger partial charge in [-0.15, -0.1) is 0 Å². The Morgan fingerprint density at radius 1 is 0.941 bits per heavy atom. The molecule has 0 bridgehead atoms. The van der Waals surface area contributed by atoms with Crippen LogP contribution in [-0.4, -0.2) is 57.3 Å². The summed E-state index contributed by atoms with van der Waals surface area (Å²) in [7, 11) is -2.06. The number of ether oxygens (including phenoxy) is 2. The van der Waals surface area contributed by atoms with E-state index in [0.29, 0.717) is 30.0 Å². The highest BCUT2D eigenvalue weighted by atomic mass is 32.2. The van der Waals surface area contributed by atoms with Gasteiger partial charge in [-0.05, 0) is 48.0 Å². The molecule has 0 aliphatic carbocycles. The second-order valence-electron chi connectivity index (χ2n) is 6.83. The van der Waals surface area contributed by atoms with Crippen molar-refractivity contribution in [3.05, 3.63) is 65.7 Å². The van der Waals surface area contributed by atoms with E-state index in [2.05, 4.69) is 10.9 Å². The number of carbonyl (C=O) groups excluding carboxylic acids is 3. The Morgan fingerprint density at radius 2 is 1.56 bits per heavy atom. The number of amides is 2. The smallest absolute Gasteiger partial charge is 0.331 e. The number of hydrazine groups is 1. The predicted molar refractivity (Wildman–Crippen MR) is 125 cm³/mol. The minimum atomic E-state index is -3.56. The van der Waals surface area contributed by atoms with Crippen molar-refractivity contribution in [2.24, 2.45) is 0 Å². The number of nitrogens with one attached hydrogen (secondary N) is 2. The van der Waals surface area contributed by atoms with E-state index < -0.39 is 34.4 Å². The molecule has 34 heavy (non-hydrogen) atoms. The number of benzene rings is 2. The minimum Gasteiger partial charge on any atom is -0.497 e. The zero-order valence-electron chi connectivity index (χ0n) is 19.1. The first kappa shape index (κ1) is 26.6. The summed E-state index contributed by atoms with van der Waals surface area (Å²) < 4.78 is 36.2. The van der Waals surface area contributed by atoms with Crippen LogP contribution < -0.4 is 15.6 Å². The molecule has 2 rings (SSSR count). The summed E-state index contributed by atoms with van der Waals surface area (Å²) >= 11 is 0. The monoisotopic (exact) mass is 489 g/mol. The molecular weight excluding hydrogens is 462 g/mol. The van der Waals surface area contributed by atoms with Crippen LogP contribution in [0.5, 0.6) is 5.75 Å². The first-order chi connectivity index (χ1) is 16.2. The predicted octanol–water partition coefficient (Wildman–Crippen LogP) is 1.74. The molecule has 0 unspecified atom stereocenters. The van der Waals surface area contributed by atoms with Gasteiger partial charge < -0.3 is 9.47 Å². The van der Waals surface area contributed by atoms with Crippen molar-refractivity contribution < 1.29 is 32.3 Å². The van der Waals surface area contributed by atoms with E-state index in [4.69, 9.17) is 9.47 Å². The molecule has 11 heteroatoms. The second-order valence-corrected chi connectivity index (χ2v) is 8.77. The lowest BCUT2D eigenvalue weighted by atomic mass is 10.2. The Morgan fingerprint density at radius 3 is 2.12 bits per heavy atom. The van der Waals surface area contributed by atoms with Crippen molar-refractivity contribution >= 4 is 33.9 Å². The van der Waals surface area contributed by atoms with Gasteiger partial charge in [-0.3, -0.25) is 20.4 Å². The number of carbonyl (C=O) groups is 3. The molecule has 0 radical (unpaired) electrons. The van der Waals surface area contributed by atoms with Crippen LogP contribution in [0.4, 0.5) is 0 Å². The summed E-state index contributed by atoms with van der Waals surface area (Å²) in [4.78, 5) is 35.8. The van der Waals surface area contributed by atoms with Gasteiger partial charge in [0, 0.05) is 24.7 Å². The molecular formula is C23H27N3O7S. The number of esters is 1. The quantitative estimate of drug-likeness (QED) is 0.295. The topological polar surface area (TPSA) is 131 Å². The summed E-state index contributed by atoms with van der Waals surface area (Å²) in [5.41, 5.74) is 5.23. The number of hydrogen-bond donors (Lipinski definition) is 2. The van der Waals surface area contributed by atoms with Crippen LogP contribution in [0.15, 0.2) is 59.5 Å². The minimum absolute atomic E-state index is 0.157. The summed E-state index contributed by atoms with van der Waals surface area (Å²) in [6.45, 7) is 3.65. The van der Waals surface area contributed by atoms with Crippen molar-refractivity contribution in [1.29, 1.82) is 0 Å². The molecule has 2 aromatic carbocycles. The molecule has 2 amide bonds. The van der Waals surface area contributed by atoms with Crippen molar-refractivity contribution in [2.45, 2.75) is 18.7 Å². The van der Waals surface area contributed by atoms with E-state index in [9.17, 15) is 22.8 Å². The van der Waals surface area contributed by atoms with Crippen molar-refractivity contribution in [3.8, 4) is 5.75 Å². The summed E-state index contributed by atoms with van der Waals surface area (Å²) in [6, 6.07) is 12.3. The van der Waals surface area contributed by atoms with Crippen LogP contribution in [0.25, 0.3) is 6.08 Å². The number of nitrogens with zero attached hydrogens (tertiary/aromatic N) is 1. The Balaban J connectivity index is 1.81. The van der Waals surface area contributed by atoms with Crippen LogP contribution in [0.2, 0.25) is 0 Å². The van der Waals surface area contributed by atoms with E-state index in [1.807, 2.05) is 0 Å². The van der Waals surface area contributed by atoms with Gasteiger partial charge in [-0.2, -0.15) is 4.31 Å². The standard InChI is InChI=1S/C23H27N3O7S/c1-4-26(5-2)34(30,31)20-13-6-17(7-14-20)8-15-22(28)33-16-21(27)24-25-23(29)18-9-11-19(32-3)12-10-18/h6-15H,4-5,16H2,1-3H3,(H,24,27)(H,25,29)/b15-8+. The number of sulfonamides is 1. The van der Waals surface area contributed by atoms with E-state index in [1.54, 1.807) is 38.1 Å². The molecule has 182 valence electrons. The van der Waals surface area contributed by atoms with Gasteiger partial charge in [0.2, 0.25) is 10.0 Å². The first-order valence-corrected chi connectivity index (χ1v) is 11.8. The molecule has 0 saturated heterocycles. The van der Waals surface area contributed by atoms with E-state index in [1.165, 1.54) is 41.8 Å². The van der Waals surface area contributed by atoms with Crippen LogP contribution >= 0.6 is 0 Å². The molecule has 2 N–H and O–H groups in total. The summed E-state index contributed by atoms with van der Waals surface area (Å²) in [6.07, 6.45) is 2.54. The zero-order chi connectivity index (χ0) is 25.1. The van der Waals surface area contributed by atoms with Crippen molar-refractivity contribution in [1.82, 2.24) is 15.2 Å². The average Bonchev–Trinajstić information content (AvgIpc) is 2.85. The molecule has 0 fully saturated rings. The molecule has 0 heterocycles. The largest absolute Gasteiger partial charge is 0.497 e. The maximum Gasteiger partial charge on any atom is 0.331 e. The maximum atomic E-state index is 12.5. The third kappa shape index (κ3) is 7.42. The SMILES string of the molecule is CCN(CC)S(=O)(=O)c1ccc(/C=C/C(=O)OCC(=O)NNC(=O)c2ccc(OC)cc2)cc1. The Labute approximate surface area is 198 Å². The van der Waals surface area contributed by atoms with Gasteiger partial charge >= 0.3 is 5.97 Å². The van der Waals surface area contributed by atoms with Crippen LogP contribution in [-0.2, 0) is 24.3 Å². The van der Waals surface area contributed by atoms with Crippen LogP contribution in [0, 0.1) is 0 Å². The average molecular weight is 490 g/mol. The lowest BCUT2D eigenvalue weighted by Crippen LogP contribution is -2.43. The fourth-order valence-corrected chi connectivity index (χ4v) is 4.25. The van der Waals surface area contributed by atoms with Crippen molar-refractivity contribution in [3.63, 3.8) is 0 Å². The highest BCUT2D eigenvalue weighted by Gasteiger charge is 2.21. The molecule has 0 aromatic heterocycles. The van der Waals surface area contributed by atoms with Gasteiger partial charge in [-0.1, -0.05) is 26.0 Å². The fourth-order valence-electron chi connectivity index (χ4n) is 2.79. The number of rotatable bonds is 10. The van der Waals surface area contributed by atoms with E-state index >= 15 is 0 Å². The van der Waals surface area contributed by atoms with Crippen LogP contribution in [0.1, 0.15) is 29.8 Å². The van der Waals surface area contributed by atoms with E-state index in [-0.39, 0.29) is 4.90 Å². The lowest BCUT2D eigenvalue weighted by molar-refractivity contribution is -0.144.